The summed E-state index contributed by atoms with van der Waals surface area (Å²) in [5, 5.41) is 6.11. The molecular formula is C12H15F3N2O. The topological polar surface area (TPSA) is 33.3 Å². The summed E-state index contributed by atoms with van der Waals surface area (Å²) < 4.78 is 43.8. The molecule has 2 rings (SSSR count). The number of benzene rings is 1. The first-order chi connectivity index (χ1) is 8.52. The average Bonchev–Trinajstić information content (AvgIpc) is 2.38. The smallest absolute Gasteiger partial charge is 0.365 e. The van der Waals surface area contributed by atoms with E-state index in [-0.39, 0.29) is 11.8 Å². The van der Waals surface area contributed by atoms with Crippen molar-refractivity contribution in [2.45, 2.75) is 18.4 Å². The fourth-order valence-corrected chi connectivity index (χ4v) is 2.11. The molecule has 2 atom stereocenters. The molecule has 2 N–H and O–H groups in total. The highest BCUT2D eigenvalue weighted by molar-refractivity contribution is 5.33. The number of hydrogen-bond donors (Lipinski definition) is 2. The second-order valence-corrected chi connectivity index (χ2v) is 4.19. The first-order valence-electron chi connectivity index (χ1n) is 5.68. The van der Waals surface area contributed by atoms with Gasteiger partial charge in [-0.3, -0.25) is 5.32 Å². The maximum absolute atomic E-state index is 12.9. The van der Waals surface area contributed by atoms with E-state index < -0.39 is 17.8 Å². The first kappa shape index (κ1) is 13.3. The van der Waals surface area contributed by atoms with Gasteiger partial charge in [-0.1, -0.05) is 18.2 Å². The monoisotopic (exact) mass is 260 g/mol. The van der Waals surface area contributed by atoms with E-state index in [4.69, 9.17) is 4.74 Å². The first-order valence-corrected chi connectivity index (χ1v) is 5.68. The van der Waals surface area contributed by atoms with Crippen molar-refractivity contribution >= 4 is 0 Å². The normalized spacial score (nSPS) is 25.1. The quantitative estimate of drug-likeness (QED) is 0.852. The number of rotatable bonds is 2. The lowest BCUT2D eigenvalue weighted by atomic mass is 9.98. The molecule has 0 spiro atoms. The molecule has 18 heavy (non-hydrogen) atoms. The molecule has 1 aliphatic rings. The second-order valence-electron chi connectivity index (χ2n) is 4.19. The second kappa shape index (κ2) is 5.26. The SMILES string of the molecule is COC1CNCC(c2ccccc2C(F)(F)F)N1. The van der Waals surface area contributed by atoms with E-state index in [1.165, 1.54) is 19.2 Å². The number of piperazine rings is 1. The van der Waals surface area contributed by atoms with E-state index in [0.717, 1.165) is 6.07 Å². The van der Waals surface area contributed by atoms with Crippen molar-refractivity contribution in [3.05, 3.63) is 35.4 Å². The van der Waals surface area contributed by atoms with Crippen molar-refractivity contribution in [1.29, 1.82) is 0 Å². The van der Waals surface area contributed by atoms with Crippen LogP contribution in [-0.4, -0.2) is 26.4 Å². The molecular weight excluding hydrogens is 245 g/mol. The molecule has 6 heteroatoms. The molecule has 0 aliphatic carbocycles. The van der Waals surface area contributed by atoms with Gasteiger partial charge in [-0.15, -0.1) is 0 Å². The molecule has 1 aromatic carbocycles. The summed E-state index contributed by atoms with van der Waals surface area (Å²) in [6, 6.07) is 5.22. The highest BCUT2D eigenvalue weighted by Crippen LogP contribution is 2.34. The molecule has 100 valence electrons. The van der Waals surface area contributed by atoms with Crippen molar-refractivity contribution in [1.82, 2.24) is 10.6 Å². The van der Waals surface area contributed by atoms with E-state index in [1.807, 2.05) is 0 Å². The minimum Gasteiger partial charge on any atom is -0.365 e. The maximum atomic E-state index is 12.9. The van der Waals surface area contributed by atoms with Crippen LogP contribution >= 0.6 is 0 Å². The van der Waals surface area contributed by atoms with Crippen LogP contribution in [0.5, 0.6) is 0 Å². The molecule has 0 bridgehead atoms. The van der Waals surface area contributed by atoms with Crippen molar-refractivity contribution in [2.75, 3.05) is 20.2 Å². The highest BCUT2D eigenvalue weighted by atomic mass is 19.4. The minimum absolute atomic E-state index is 0.249. The average molecular weight is 260 g/mol. The third-order valence-electron chi connectivity index (χ3n) is 2.99. The summed E-state index contributed by atoms with van der Waals surface area (Å²) in [4.78, 5) is 0. The summed E-state index contributed by atoms with van der Waals surface area (Å²) in [6.07, 6.45) is -4.61. The van der Waals surface area contributed by atoms with E-state index >= 15 is 0 Å². The Morgan fingerprint density at radius 1 is 1.22 bits per heavy atom. The van der Waals surface area contributed by atoms with Gasteiger partial charge in [0.05, 0.1) is 5.56 Å². The lowest BCUT2D eigenvalue weighted by molar-refractivity contribution is -0.138. The van der Waals surface area contributed by atoms with Gasteiger partial charge in [-0.2, -0.15) is 13.2 Å². The van der Waals surface area contributed by atoms with Gasteiger partial charge >= 0.3 is 6.18 Å². The molecule has 1 aliphatic heterocycles. The fourth-order valence-electron chi connectivity index (χ4n) is 2.11. The molecule has 1 aromatic rings. The Morgan fingerprint density at radius 3 is 2.61 bits per heavy atom. The number of methoxy groups -OCH3 is 1. The van der Waals surface area contributed by atoms with Crippen molar-refractivity contribution < 1.29 is 17.9 Å². The Balaban J connectivity index is 2.27. The summed E-state index contributed by atoms with van der Waals surface area (Å²) >= 11 is 0. The Kier molecular flexibility index (Phi) is 3.89. The molecule has 0 amide bonds. The van der Waals surface area contributed by atoms with Crippen LogP contribution in [0.25, 0.3) is 0 Å². The van der Waals surface area contributed by atoms with Crippen molar-refractivity contribution in [2.24, 2.45) is 0 Å². The van der Waals surface area contributed by atoms with Crippen molar-refractivity contribution in [3.63, 3.8) is 0 Å². The zero-order valence-corrected chi connectivity index (χ0v) is 9.92. The van der Waals surface area contributed by atoms with Gasteiger partial charge in [0.15, 0.2) is 0 Å². The van der Waals surface area contributed by atoms with E-state index in [2.05, 4.69) is 10.6 Å². The van der Waals surface area contributed by atoms with Crippen LogP contribution in [0, 0.1) is 0 Å². The Hall–Kier alpha value is -1.11. The van der Waals surface area contributed by atoms with Crippen molar-refractivity contribution in [3.8, 4) is 0 Å². The van der Waals surface area contributed by atoms with E-state index in [0.29, 0.717) is 13.1 Å². The van der Waals surface area contributed by atoms with E-state index in [1.54, 1.807) is 6.07 Å². The Morgan fingerprint density at radius 2 is 1.94 bits per heavy atom. The predicted octanol–water partition coefficient (Wildman–Crippen LogP) is 1.91. The zero-order valence-electron chi connectivity index (χ0n) is 9.92. The molecule has 0 aromatic heterocycles. The van der Waals surface area contributed by atoms with Gasteiger partial charge in [0, 0.05) is 26.2 Å². The Labute approximate surface area is 103 Å². The van der Waals surface area contributed by atoms with Gasteiger partial charge in [0.1, 0.15) is 6.23 Å². The number of nitrogens with one attached hydrogen (secondary N) is 2. The standard InChI is InChI=1S/C12H15F3N2O/c1-18-11-7-16-6-10(17-11)8-4-2-3-5-9(8)12(13,14)15/h2-5,10-11,16-17H,6-7H2,1H3. The maximum Gasteiger partial charge on any atom is 0.416 e. The van der Waals surface area contributed by atoms with Crippen LogP contribution in [0.15, 0.2) is 24.3 Å². The molecule has 0 radical (unpaired) electrons. The van der Waals surface area contributed by atoms with Gasteiger partial charge in [-0.05, 0) is 11.6 Å². The van der Waals surface area contributed by atoms with E-state index in [9.17, 15) is 13.2 Å². The highest BCUT2D eigenvalue weighted by Gasteiger charge is 2.35. The third kappa shape index (κ3) is 2.82. The minimum atomic E-state index is -4.34. The summed E-state index contributed by atoms with van der Waals surface area (Å²) in [5.74, 6) is 0. The number of alkyl halides is 3. The molecule has 1 heterocycles. The summed E-state index contributed by atoms with van der Waals surface area (Å²) in [7, 11) is 1.53. The Bertz CT molecular complexity index is 409. The number of halogens is 3. The lowest BCUT2D eigenvalue weighted by Gasteiger charge is -2.32. The summed E-state index contributed by atoms with van der Waals surface area (Å²) in [6.45, 7) is 1.04. The zero-order chi connectivity index (χ0) is 13.2. The van der Waals surface area contributed by atoms with Gasteiger partial charge in [-0.25, -0.2) is 0 Å². The molecule has 3 nitrogen and oxygen atoms in total. The molecule has 0 saturated carbocycles. The summed E-state index contributed by atoms with van der Waals surface area (Å²) in [5.41, 5.74) is -0.347. The van der Waals surface area contributed by atoms with Crippen LogP contribution in [0.3, 0.4) is 0 Å². The number of hydrogen-bond acceptors (Lipinski definition) is 3. The van der Waals surface area contributed by atoms with Crippen LogP contribution in [0.1, 0.15) is 17.2 Å². The lowest BCUT2D eigenvalue weighted by Crippen LogP contribution is -2.51. The number of ether oxygens (including phenoxy) is 1. The molecule has 1 saturated heterocycles. The van der Waals surface area contributed by atoms with Gasteiger partial charge in [0.2, 0.25) is 0 Å². The predicted molar refractivity (Wildman–Crippen MR) is 61.0 cm³/mol. The largest absolute Gasteiger partial charge is 0.416 e. The fraction of sp³-hybridized carbons (Fsp3) is 0.500. The van der Waals surface area contributed by atoms with Crippen LogP contribution < -0.4 is 10.6 Å². The molecule has 2 unspecified atom stereocenters. The van der Waals surface area contributed by atoms with Crippen LogP contribution in [0.2, 0.25) is 0 Å². The molecule has 1 fully saturated rings. The van der Waals surface area contributed by atoms with Crippen LogP contribution in [0.4, 0.5) is 13.2 Å². The van der Waals surface area contributed by atoms with Gasteiger partial charge in [0.25, 0.3) is 0 Å². The van der Waals surface area contributed by atoms with Crippen LogP contribution in [-0.2, 0) is 10.9 Å². The third-order valence-corrected chi connectivity index (χ3v) is 2.99. The van der Waals surface area contributed by atoms with Gasteiger partial charge < -0.3 is 10.1 Å².